The summed E-state index contributed by atoms with van der Waals surface area (Å²) >= 11 is 0. The number of hydrogen-bond donors (Lipinski definition) is 2. The number of aromatic nitrogens is 2. The van der Waals surface area contributed by atoms with Gasteiger partial charge in [-0.1, -0.05) is 0 Å². The van der Waals surface area contributed by atoms with Crippen LogP contribution in [0, 0.1) is 0 Å². The van der Waals surface area contributed by atoms with Crippen LogP contribution in [0.4, 0.5) is 22.0 Å². The predicted molar refractivity (Wildman–Crippen MR) is 127 cm³/mol. The third-order valence-corrected chi connectivity index (χ3v) is 6.16. The van der Waals surface area contributed by atoms with Gasteiger partial charge in [0, 0.05) is 32.6 Å². The molecule has 0 aliphatic heterocycles. The summed E-state index contributed by atoms with van der Waals surface area (Å²) in [5.74, 6) is -6.56. The van der Waals surface area contributed by atoms with Gasteiger partial charge in [0.1, 0.15) is 0 Å². The number of H-pyrrole nitrogens is 2. The highest BCUT2D eigenvalue weighted by Crippen LogP contribution is 2.50. The second-order valence-electron chi connectivity index (χ2n) is 8.38. The largest absolute Gasteiger partial charge is 0.462 e. The number of nitrogens with one attached hydrogen (secondary N) is 2. The molecule has 5 aromatic rings. The summed E-state index contributed by atoms with van der Waals surface area (Å²) in [6.45, 7) is 3.44. The topological polar surface area (TPSA) is 84.2 Å². The number of esters is 2. The van der Waals surface area contributed by atoms with Gasteiger partial charge in [-0.2, -0.15) is 22.0 Å². The lowest BCUT2D eigenvalue weighted by Gasteiger charge is -2.21. The summed E-state index contributed by atoms with van der Waals surface area (Å²) in [6.07, 6.45) is -5.89. The van der Waals surface area contributed by atoms with Crippen molar-refractivity contribution in [1.82, 2.24) is 9.97 Å². The normalized spacial score (nSPS) is 12.6. The minimum Gasteiger partial charge on any atom is -0.462 e. The first-order chi connectivity index (χ1) is 17.5. The van der Waals surface area contributed by atoms with Crippen molar-refractivity contribution in [2.75, 3.05) is 13.2 Å². The number of aromatic amines is 2. The van der Waals surface area contributed by atoms with Gasteiger partial charge in [0.15, 0.2) is 0 Å². The van der Waals surface area contributed by atoms with Crippen LogP contribution in [-0.4, -0.2) is 41.3 Å². The third kappa shape index (κ3) is 3.76. The number of halogens is 5. The van der Waals surface area contributed by atoms with E-state index in [0.29, 0.717) is 0 Å². The average Bonchev–Trinajstić information content (AvgIpc) is 3.38. The molecule has 0 spiro atoms. The molecule has 37 heavy (non-hydrogen) atoms. The van der Waals surface area contributed by atoms with Gasteiger partial charge in [0.05, 0.1) is 40.9 Å². The van der Waals surface area contributed by atoms with Crippen LogP contribution in [0.5, 0.6) is 0 Å². The molecule has 0 saturated heterocycles. The van der Waals surface area contributed by atoms with Gasteiger partial charge < -0.3 is 19.4 Å². The number of fused-ring (bicyclic) bond motifs is 6. The molecular weight excluding hydrogens is 499 g/mol. The van der Waals surface area contributed by atoms with Crippen LogP contribution in [-0.2, 0) is 15.4 Å². The number of rotatable bonds is 5. The maximum absolute atomic E-state index is 15.1. The maximum Gasteiger partial charge on any atom is 0.458 e. The Morgan fingerprint density at radius 1 is 0.703 bits per heavy atom. The molecule has 2 N–H and O–H groups in total. The molecule has 6 nitrogen and oxygen atoms in total. The number of hydrogen-bond acceptors (Lipinski definition) is 4. The fourth-order valence-corrected chi connectivity index (χ4v) is 4.53. The maximum atomic E-state index is 15.1. The fraction of sp³-hybridized carbons (Fsp3) is 0.231. The van der Waals surface area contributed by atoms with Crippen LogP contribution in [0.3, 0.4) is 0 Å². The molecule has 0 saturated carbocycles. The fourth-order valence-electron chi connectivity index (χ4n) is 4.53. The first kappa shape index (κ1) is 24.5. The number of alkyl halides is 5. The molecule has 0 aliphatic carbocycles. The standard InChI is InChI=1S/C26H19F5N2O4/c1-3-36-23(34)12-5-7-18-14(9-12)16-11-17-15-10-13(24(35)37-4-2)6-8-19(15)33-22(17)20(21(16)32-18)25(27,28)26(29,30)31/h5-11,32-33H,3-4H2,1-2H3. The van der Waals surface area contributed by atoms with Crippen molar-refractivity contribution in [3.63, 3.8) is 0 Å². The quantitative estimate of drug-likeness (QED) is 0.195. The van der Waals surface area contributed by atoms with E-state index in [1.165, 1.54) is 42.5 Å². The van der Waals surface area contributed by atoms with Gasteiger partial charge in [-0.15, -0.1) is 0 Å². The third-order valence-electron chi connectivity index (χ3n) is 6.16. The van der Waals surface area contributed by atoms with Crippen LogP contribution < -0.4 is 0 Å². The van der Waals surface area contributed by atoms with E-state index in [-0.39, 0.29) is 56.9 Å². The van der Waals surface area contributed by atoms with Crippen LogP contribution in [0.1, 0.15) is 40.1 Å². The van der Waals surface area contributed by atoms with Gasteiger partial charge in [-0.25, -0.2) is 9.59 Å². The van der Waals surface area contributed by atoms with Gasteiger partial charge in [0.25, 0.3) is 0 Å². The molecule has 0 bridgehead atoms. The van der Waals surface area contributed by atoms with Crippen LogP contribution in [0.2, 0.25) is 0 Å². The summed E-state index contributed by atoms with van der Waals surface area (Å²) in [5.41, 5.74) is -1.40. The van der Waals surface area contributed by atoms with Gasteiger partial charge in [-0.05, 0) is 56.3 Å². The molecule has 0 unspecified atom stereocenters. The Labute approximate surface area is 205 Å². The zero-order valence-electron chi connectivity index (χ0n) is 19.5. The molecule has 5 rings (SSSR count). The summed E-state index contributed by atoms with van der Waals surface area (Å²) in [6, 6.07) is 9.85. The minimum atomic E-state index is -5.89. The number of carbonyl (C=O) groups excluding carboxylic acids is 2. The molecule has 3 aromatic carbocycles. The zero-order chi connectivity index (χ0) is 26.7. The monoisotopic (exact) mass is 518 g/mol. The Morgan fingerprint density at radius 3 is 1.51 bits per heavy atom. The van der Waals surface area contributed by atoms with E-state index in [9.17, 15) is 22.8 Å². The summed E-state index contributed by atoms with van der Waals surface area (Å²) in [4.78, 5) is 29.9. The van der Waals surface area contributed by atoms with E-state index in [2.05, 4.69) is 9.97 Å². The number of carbonyl (C=O) groups is 2. The lowest BCUT2D eigenvalue weighted by molar-refractivity contribution is -0.288. The van der Waals surface area contributed by atoms with Gasteiger partial charge >= 0.3 is 24.0 Å². The Balaban J connectivity index is 1.91. The zero-order valence-corrected chi connectivity index (χ0v) is 19.5. The second-order valence-corrected chi connectivity index (χ2v) is 8.38. The van der Waals surface area contributed by atoms with Crippen molar-refractivity contribution in [2.24, 2.45) is 0 Å². The van der Waals surface area contributed by atoms with Crippen molar-refractivity contribution >= 4 is 55.6 Å². The van der Waals surface area contributed by atoms with Crippen molar-refractivity contribution in [1.29, 1.82) is 0 Å². The highest BCUT2D eigenvalue weighted by Gasteiger charge is 2.60. The Hall–Kier alpha value is -4.15. The van der Waals surface area contributed by atoms with Crippen molar-refractivity contribution in [3.05, 3.63) is 59.2 Å². The van der Waals surface area contributed by atoms with Crippen LogP contribution >= 0.6 is 0 Å². The highest BCUT2D eigenvalue weighted by atomic mass is 19.4. The van der Waals surface area contributed by atoms with E-state index in [0.717, 1.165) is 0 Å². The lowest BCUT2D eigenvalue weighted by Crippen LogP contribution is -2.34. The second kappa shape index (κ2) is 8.46. The SMILES string of the molecule is CCOC(=O)c1ccc2[nH]c3c(C(F)(F)C(F)(F)F)c4[nH]c5ccc(C(=O)OCC)cc5c4cc3c2c1. The summed E-state index contributed by atoms with van der Waals surface area (Å²) < 4.78 is 81.2. The molecule has 192 valence electrons. The van der Waals surface area contributed by atoms with E-state index in [4.69, 9.17) is 9.47 Å². The van der Waals surface area contributed by atoms with E-state index in [1.54, 1.807) is 13.8 Å². The average molecular weight is 518 g/mol. The first-order valence-electron chi connectivity index (χ1n) is 11.3. The lowest BCUT2D eigenvalue weighted by atomic mass is 9.98. The molecule has 2 heterocycles. The van der Waals surface area contributed by atoms with Crippen molar-refractivity contribution < 1.29 is 41.0 Å². The summed E-state index contributed by atoms with van der Waals surface area (Å²) in [5, 5.41) is 0.625. The predicted octanol–water partition coefficient (Wildman–Crippen LogP) is 6.96. The van der Waals surface area contributed by atoms with Crippen LogP contribution in [0.25, 0.3) is 43.6 Å². The molecule has 0 fully saturated rings. The van der Waals surface area contributed by atoms with E-state index in [1.807, 2.05) is 0 Å². The Bertz CT molecular complexity index is 1600. The number of benzene rings is 3. The van der Waals surface area contributed by atoms with E-state index < -0.39 is 40.6 Å². The molecule has 0 aliphatic rings. The molecule has 2 aromatic heterocycles. The molecule has 11 heteroatoms. The first-order valence-corrected chi connectivity index (χ1v) is 11.3. The van der Waals surface area contributed by atoms with Crippen LogP contribution in [0.15, 0.2) is 42.5 Å². The van der Waals surface area contributed by atoms with Crippen molar-refractivity contribution in [2.45, 2.75) is 25.9 Å². The summed E-state index contributed by atoms with van der Waals surface area (Å²) in [7, 11) is 0. The molecule has 0 atom stereocenters. The smallest absolute Gasteiger partial charge is 0.458 e. The molecular formula is C26H19F5N2O4. The number of ether oxygens (including phenoxy) is 2. The minimum absolute atomic E-state index is 0.0509. The van der Waals surface area contributed by atoms with Gasteiger partial charge in [-0.3, -0.25) is 0 Å². The Kier molecular flexibility index (Phi) is 5.61. The molecule has 0 amide bonds. The van der Waals surface area contributed by atoms with Crippen molar-refractivity contribution in [3.8, 4) is 0 Å². The Morgan fingerprint density at radius 2 is 1.14 bits per heavy atom. The van der Waals surface area contributed by atoms with E-state index >= 15 is 8.78 Å². The molecule has 0 radical (unpaired) electrons. The van der Waals surface area contributed by atoms with Gasteiger partial charge in [0.2, 0.25) is 0 Å². The highest BCUT2D eigenvalue weighted by molar-refractivity contribution is 6.20.